The molecule has 20 heavy (non-hydrogen) atoms. The summed E-state index contributed by atoms with van der Waals surface area (Å²) in [6, 6.07) is 10.7. The van der Waals surface area contributed by atoms with Crippen molar-refractivity contribution in [3.8, 4) is 0 Å². The highest BCUT2D eigenvalue weighted by Crippen LogP contribution is 2.33. The number of anilines is 1. The third-order valence-corrected chi connectivity index (χ3v) is 4.89. The molecule has 1 aromatic carbocycles. The molecule has 3 aromatic rings. The first-order chi connectivity index (χ1) is 9.70. The SMILES string of the molecule is CCCC(c1cccs1)n1c(N)nc2cc(Br)ccc21. The Kier molecular flexibility index (Phi) is 3.81. The quantitative estimate of drug-likeness (QED) is 0.732. The molecule has 0 aliphatic rings. The minimum Gasteiger partial charge on any atom is -0.369 e. The zero-order valence-corrected chi connectivity index (χ0v) is 13.6. The number of nitrogens with two attached hydrogens (primary N) is 1. The summed E-state index contributed by atoms with van der Waals surface area (Å²) in [5.41, 5.74) is 8.22. The Morgan fingerprint density at radius 3 is 2.95 bits per heavy atom. The summed E-state index contributed by atoms with van der Waals surface area (Å²) in [6.07, 6.45) is 2.17. The first-order valence-corrected chi connectivity index (χ1v) is 8.34. The summed E-state index contributed by atoms with van der Waals surface area (Å²) in [4.78, 5) is 5.84. The fourth-order valence-corrected chi connectivity index (χ4v) is 3.77. The van der Waals surface area contributed by atoms with Crippen LogP contribution in [0.25, 0.3) is 11.0 Å². The zero-order valence-electron chi connectivity index (χ0n) is 11.2. The van der Waals surface area contributed by atoms with Crippen LogP contribution in [0.5, 0.6) is 0 Å². The fourth-order valence-electron chi connectivity index (χ4n) is 2.57. The van der Waals surface area contributed by atoms with Gasteiger partial charge in [-0.1, -0.05) is 35.3 Å². The number of aromatic nitrogens is 2. The van der Waals surface area contributed by atoms with E-state index in [0.29, 0.717) is 5.95 Å². The summed E-state index contributed by atoms with van der Waals surface area (Å²) in [5.74, 6) is 0.588. The molecule has 3 nitrogen and oxygen atoms in total. The number of halogens is 1. The Hall–Kier alpha value is -1.33. The topological polar surface area (TPSA) is 43.8 Å². The van der Waals surface area contributed by atoms with Gasteiger partial charge in [0.2, 0.25) is 5.95 Å². The van der Waals surface area contributed by atoms with Crippen molar-refractivity contribution < 1.29 is 0 Å². The maximum absolute atomic E-state index is 6.18. The van der Waals surface area contributed by atoms with E-state index in [0.717, 1.165) is 28.3 Å². The van der Waals surface area contributed by atoms with Crippen LogP contribution < -0.4 is 5.73 Å². The van der Waals surface area contributed by atoms with Crippen LogP contribution in [0.4, 0.5) is 5.95 Å². The first kappa shape index (κ1) is 13.6. The monoisotopic (exact) mass is 349 g/mol. The molecule has 2 aromatic heterocycles. The molecule has 0 saturated heterocycles. The van der Waals surface area contributed by atoms with Crippen molar-refractivity contribution in [1.29, 1.82) is 0 Å². The lowest BCUT2D eigenvalue weighted by Crippen LogP contribution is -2.12. The zero-order chi connectivity index (χ0) is 14.1. The van der Waals surface area contributed by atoms with E-state index >= 15 is 0 Å². The second-order valence-corrected chi connectivity index (χ2v) is 6.69. The molecule has 0 saturated carbocycles. The van der Waals surface area contributed by atoms with Crippen molar-refractivity contribution in [3.63, 3.8) is 0 Å². The molecule has 1 atom stereocenters. The van der Waals surface area contributed by atoms with Crippen molar-refractivity contribution >= 4 is 44.2 Å². The molecule has 2 N–H and O–H groups in total. The summed E-state index contributed by atoms with van der Waals surface area (Å²) >= 11 is 5.26. The minimum absolute atomic E-state index is 0.270. The average Bonchev–Trinajstić information content (AvgIpc) is 3.03. The van der Waals surface area contributed by atoms with Gasteiger partial charge >= 0.3 is 0 Å². The Labute approximate surface area is 130 Å². The number of hydrogen-bond acceptors (Lipinski definition) is 3. The van der Waals surface area contributed by atoms with E-state index < -0.39 is 0 Å². The predicted molar refractivity (Wildman–Crippen MR) is 89.2 cm³/mol. The molecule has 0 fully saturated rings. The molecule has 104 valence electrons. The normalized spacial score (nSPS) is 12.9. The van der Waals surface area contributed by atoms with E-state index in [1.807, 2.05) is 12.1 Å². The standard InChI is InChI=1S/C15H16BrN3S/c1-2-4-13(14-5-3-8-20-14)19-12-7-6-10(16)9-11(12)18-15(19)17/h3,5-9,13H,2,4H2,1H3,(H2,17,18). The van der Waals surface area contributed by atoms with Crippen LogP contribution in [0.15, 0.2) is 40.2 Å². The lowest BCUT2D eigenvalue weighted by molar-refractivity contribution is 0.560. The van der Waals surface area contributed by atoms with Crippen LogP contribution in [-0.2, 0) is 0 Å². The molecule has 0 bridgehead atoms. The van der Waals surface area contributed by atoms with Crippen LogP contribution in [0, 0.1) is 0 Å². The van der Waals surface area contributed by atoms with E-state index in [1.54, 1.807) is 11.3 Å². The van der Waals surface area contributed by atoms with E-state index in [4.69, 9.17) is 5.73 Å². The second kappa shape index (κ2) is 5.58. The maximum atomic E-state index is 6.18. The van der Waals surface area contributed by atoms with Crippen molar-refractivity contribution in [3.05, 3.63) is 45.1 Å². The smallest absolute Gasteiger partial charge is 0.201 e. The van der Waals surface area contributed by atoms with Gasteiger partial charge in [0.25, 0.3) is 0 Å². The largest absolute Gasteiger partial charge is 0.369 e. The summed E-state index contributed by atoms with van der Waals surface area (Å²) < 4.78 is 3.19. The fraction of sp³-hybridized carbons (Fsp3) is 0.267. The number of benzene rings is 1. The van der Waals surface area contributed by atoms with Crippen LogP contribution in [0.1, 0.15) is 30.7 Å². The average molecular weight is 350 g/mol. The third kappa shape index (κ3) is 2.36. The Balaban J connectivity index is 2.18. The van der Waals surface area contributed by atoms with Gasteiger partial charge in [0.15, 0.2) is 0 Å². The number of thiophene rings is 1. The Morgan fingerprint density at radius 1 is 1.40 bits per heavy atom. The van der Waals surface area contributed by atoms with Crippen LogP contribution >= 0.6 is 27.3 Å². The lowest BCUT2D eigenvalue weighted by atomic mass is 10.1. The molecule has 0 radical (unpaired) electrons. The maximum Gasteiger partial charge on any atom is 0.201 e. The van der Waals surface area contributed by atoms with E-state index in [-0.39, 0.29) is 6.04 Å². The predicted octanol–water partition coefficient (Wildman–Crippen LogP) is 4.83. The molecule has 0 amide bonds. The summed E-state index contributed by atoms with van der Waals surface area (Å²) in [6.45, 7) is 2.20. The number of hydrogen-bond donors (Lipinski definition) is 1. The summed E-state index contributed by atoms with van der Waals surface area (Å²) in [7, 11) is 0. The van der Waals surface area contributed by atoms with Crippen LogP contribution in [0.3, 0.4) is 0 Å². The Morgan fingerprint density at radius 2 is 2.25 bits per heavy atom. The van der Waals surface area contributed by atoms with Gasteiger partial charge in [-0.15, -0.1) is 11.3 Å². The number of nitrogen functional groups attached to an aromatic ring is 1. The lowest BCUT2D eigenvalue weighted by Gasteiger charge is -2.19. The van der Waals surface area contributed by atoms with Crippen molar-refractivity contribution in [2.45, 2.75) is 25.8 Å². The van der Waals surface area contributed by atoms with Crippen molar-refractivity contribution in [2.75, 3.05) is 5.73 Å². The minimum atomic E-state index is 0.270. The molecule has 2 heterocycles. The molecular weight excluding hydrogens is 334 g/mol. The third-order valence-electron chi connectivity index (χ3n) is 3.42. The molecule has 0 spiro atoms. The van der Waals surface area contributed by atoms with Crippen LogP contribution in [0.2, 0.25) is 0 Å². The molecule has 0 aliphatic carbocycles. The van der Waals surface area contributed by atoms with E-state index in [2.05, 4.69) is 56.0 Å². The number of fused-ring (bicyclic) bond motifs is 1. The van der Waals surface area contributed by atoms with Gasteiger partial charge in [0.1, 0.15) is 0 Å². The van der Waals surface area contributed by atoms with Crippen LogP contribution in [-0.4, -0.2) is 9.55 Å². The van der Waals surface area contributed by atoms with Gasteiger partial charge in [-0.3, -0.25) is 0 Å². The Bertz CT molecular complexity index is 718. The van der Waals surface area contributed by atoms with E-state index in [1.165, 1.54) is 4.88 Å². The highest BCUT2D eigenvalue weighted by atomic mass is 79.9. The number of rotatable bonds is 4. The van der Waals surface area contributed by atoms with Gasteiger partial charge in [0.05, 0.1) is 17.1 Å². The van der Waals surface area contributed by atoms with Gasteiger partial charge in [0, 0.05) is 9.35 Å². The molecule has 0 aliphatic heterocycles. The molecule has 5 heteroatoms. The highest BCUT2D eigenvalue weighted by Gasteiger charge is 2.19. The summed E-state index contributed by atoms with van der Waals surface area (Å²) in [5, 5.41) is 2.11. The second-order valence-electron chi connectivity index (χ2n) is 4.79. The van der Waals surface area contributed by atoms with Gasteiger partial charge in [-0.2, -0.15) is 0 Å². The first-order valence-electron chi connectivity index (χ1n) is 6.67. The molecular formula is C15H16BrN3S. The van der Waals surface area contributed by atoms with Gasteiger partial charge < -0.3 is 10.3 Å². The van der Waals surface area contributed by atoms with E-state index in [9.17, 15) is 0 Å². The van der Waals surface area contributed by atoms with Crippen molar-refractivity contribution in [1.82, 2.24) is 9.55 Å². The molecule has 3 rings (SSSR count). The number of imidazole rings is 1. The number of nitrogens with zero attached hydrogens (tertiary/aromatic N) is 2. The van der Waals surface area contributed by atoms with Gasteiger partial charge in [-0.25, -0.2) is 4.98 Å². The van der Waals surface area contributed by atoms with Crippen molar-refractivity contribution in [2.24, 2.45) is 0 Å². The highest BCUT2D eigenvalue weighted by molar-refractivity contribution is 9.10. The molecule has 1 unspecified atom stereocenters. The van der Waals surface area contributed by atoms with Gasteiger partial charge in [-0.05, 0) is 36.1 Å².